The molecule has 0 radical (unpaired) electrons. The van der Waals surface area contributed by atoms with Gasteiger partial charge in [0.25, 0.3) is 0 Å². The van der Waals surface area contributed by atoms with Crippen molar-refractivity contribution in [3.8, 4) is 0 Å². The van der Waals surface area contributed by atoms with Crippen LogP contribution >= 0.6 is 0 Å². The van der Waals surface area contributed by atoms with Crippen molar-refractivity contribution in [3.63, 3.8) is 0 Å². The average Bonchev–Trinajstić information content (AvgIpc) is 2.75. The summed E-state index contributed by atoms with van der Waals surface area (Å²) in [5.41, 5.74) is 8.88. The van der Waals surface area contributed by atoms with E-state index < -0.39 is 0 Å². The molecule has 1 fully saturated rings. The highest BCUT2D eigenvalue weighted by atomic mass is 16.3. The summed E-state index contributed by atoms with van der Waals surface area (Å²) in [5, 5.41) is 12.8. The van der Waals surface area contributed by atoms with Gasteiger partial charge in [-0.2, -0.15) is 0 Å². The van der Waals surface area contributed by atoms with Crippen LogP contribution in [-0.4, -0.2) is 18.3 Å². The molecule has 94 valence electrons. The Morgan fingerprint density at radius 1 is 1.35 bits per heavy atom. The van der Waals surface area contributed by atoms with Crippen LogP contribution < -0.4 is 11.1 Å². The van der Waals surface area contributed by atoms with Crippen LogP contribution in [-0.2, 0) is 0 Å². The lowest BCUT2D eigenvalue weighted by Crippen LogP contribution is -2.21. The van der Waals surface area contributed by atoms with Crippen molar-refractivity contribution in [2.75, 3.05) is 24.2 Å². The highest BCUT2D eigenvalue weighted by Gasteiger charge is 2.26. The first kappa shape index (κ1) is 12.2. The molecular formula is C14H22N2O. The van der Waals surface area contributed by atoms with Crippen molar-refractivity contribution in [3.05, 3.63) is 23.8 Å². The molecule has 3 nitrogen and oxygen atoms in total. The van der Waals surface area contributed by atoms with E-state index in [-0.39, 0.29) is 0 Å². The summed E-state index contributed by atoms with van der Waals surface area (Å²) in [5.74, 6) is 1.09. The first-order valence-electron chi connectivity index (χ1n) is 6.41. The molecule has 0 saturated heterocycles. The van der Waals surface area contributed by atoms with Gasteiger partial charge in [0.05, 0.1) is 0 Å². The van der Waals surface area contributed by atoms with Gasteiger partial charge in [0.15, 0.2) is 0 Å². The zero-order valence-corrected chi connectivity index (χ0v) is 10.4. The summed E-state index contributed by atoms with van der Waals surface area (Å²) >= 11 is 0. The van der Waals surface area contributed by atoms with E-state index in [0.717, 1.165) is 17.9 Å². The van der Waals surface area contributed by atoms with Crippen molar-refractivity contribution < 1.29 is 5.11 Å². The second-order valence-corrected chi connectivity index (χ2v) is 5.09. The van der Waals surface area contributed by atoms with Gasteiger partial charge in [0.1, 0.15) is 0 Å². The van der Waals surface area contributed by atoms with E-state index in [1.54, 1.807) is 0 Å². The molecule has 1 aromatic rings. The maximum atomic E-state index is 9.28. The van der Waals surface area contributed by atoms with Crippen molar-refractivity contribution in [2.45, 2.75) is 26.2 Å². The van der Waals surface area contributed by atoms with Crippen molar-refractivity contribution in [2.24, 2.45) is 11.8 Å². The summed E-state index contributed by atoms with van der Waals surface area (Å²) in [6.45, 7) is 3.35. The minimum absolute atomic E-state index is 0.326. The van der Waals surface area contributed by atoms with Crippen LogP contribution in [0.2, 0.25) is 0 Å². The van der Waals surface area contributed by atoms with Crippen molar-refractivity contribution in [1.82, 2.24) is 0 Å². The van der Waals surface area contributed by atoms with E-state index in [2.05, 4.69) is 12.2 Å². The molecule has 0 spiro atoms. The summed E-state index contributed by atoms with van der Waals surface area (Å²) in [7, 11) is 0. The predicted molar refractivity (Wildman–Crippen MR) is 72.0 cm³/mol. The van der Waals surface area contributed by atoms with Crippen molar-refractivity contribution >= 4 is 11.4 Å². The number of hydrogen-bond donors (Lipinski definition) is 3. The van der Waals surface area contributed by atoms with Crippen LogP contribution in [0, 0.1) is 18.8 Å². The number of aliphatic hydroxyl groups excluding tert-OH is 1. The fraction of sp³-hybridized carbons (Fsp3) is 0.571. The summed E-state index contributed by atoms with van der Waals surface area (Å²) in [6, 6.07) is 5.95. The van der Waals surface area contributed by atoms with Crippen LogP contribution in [0.5, 0.6) is 0 Å². The molecule has 0 bridgehead atoms. The Morgan fingerprint density at radius 2 is 2.12 bits per heavy atom. The Balaban J connectivity index is 1.93. The molecule has 1 aromatic carbocycles. The molecule has 17 heavy (non-hydrogen) atoms. The lowest BCUT2D eigenvalue weighted by Gasteiger charge is -2.19. The predicted octanol–water partition coefficient (Wildman–Crippen LogP) is 2.40. The molecule has 0 heterocycles. The van der Waals surface area contributed by atoms with Crippen LogP contribution in [0.15, 0.2) is 18.2 Å². The van der Waals surface area contributed by atoms with Crippen LogP contribution in [0.25, 0.3) is 0 Å². The number of aliphatic hydroxyl groups is 1. The third kappa shape index (κ3) is 2.91. The molecule has 4 N–H and O–H groups in total. The minimum atomic E-state index is 0.326. The minimum Gasteiger partial charge on any atom is -0.399 e. The fourth-order valence-electron chi connectivity index (χ4n) is 2.75. The summed E-state index contributed by atoms with van der Waals surface area (Å²) < 4.78 is 0. The van der Waals surface area contributed by atoms with Crippen LogP contribution in [0.1, 0.15) is 24.8 Å². The molecule has 2 atom stereocenters. The molecule has 1 aliphatic carbocycles. The number of anilines is 2. The molecule has 3 heteroatoms. The Hall–Kier alpha value is -1.22. The highest BCUT2D eigenvalue weighted by Crippen LogP contribution is 2.31. The Kier molecular flexibility index (Phi) is 3.89. The monoisotopic (exact) mass is 234 g/mol. The van der Waals surface area contributed by atoms with Gasteiger partial charge in [-0.3, -0.25) is 0 Å². The number of aryl methyl sites for hydroxylation is 1. The third-order valence-electron chi connectivity index (χ3n) is 3.86. The van der Waals surface area contributed by atoms with Gasteiger partial charge in [-0.15, -0.1) is 0 Å². The first-order chi connectivity index (χ1) is 8.20. The molecule has 2 unspecified atom stereocenters. The number of nitrogens with one attached hydrogen (secondary N) is 1. The maximum absolute atomic E-state index is 9.28. The van der Waals surface area contributed by atoms with Crippen LogP contribution in [0.3, 0.4) is 0 Å². The zero-order valence-electron chi connectivity index (χ0n) is 10.4. The first-order valence-corrected chi connectivity index (χ1v) is 6.41. The molecule has 1 saturated carbocycles. The van der Waals surface area contributed by atoms with E-state index in [1.807, 2.05) is 18.2 Å². The van der Waals surface area contributed by atoms with E-state index >= 15 is 0 Å². The molecule has 0 aliphatic heterocycles. The SMILES string of the molecule is Cc1cc(N)ccc1NCC1CCCC1CO. The topological polar surface area (TPSA) is 58.3 Å². The lowest BCUT2D eigenvalue weighted by molar-refractivity contribution is 0.199. The quantitative estimate of drug-likeness (QED) is 0.701. The standard InChI is InChI=1S/C14H22N2O/c1-10-7-13(15)5-6-14(10)16-8-11-3-2-4-12(11)9-17/h5-7,11-12,16-17H,2-4,8-9,15H2,1H3. The second-order valence-electron chi connectivity index (χ2n) is 5.09. The van der Waals surface area contributed by atoms with Gasteiger partial charge in [-0.25, -0.2) is 0 Å². The van der Waals surface area contributed by atoms with Gasteiger partial charge >= 0.3 is 0 Å². The average molecular weight is 234 g/mol. The number of rotatable bonds is 4. The zero-order chi connectivity index (χ0) is 12.3. The van der Waals surface area contributed by atoms with E-state index in [4.69, 9.17) is 5.73 Å². The normalized spacial score (nSPS) is 23.9. The van der Waals surface area contributed by atoms with Gasteiger partial charge in [0.2, 0.25) is 0 Å². The third-order valence-corrected chi connectivity index (χ3v) is 3.86. The molecular weight excluding hydrogens is 212 g/mol. The Labute approximate surface area is 103 Å². The van der Waals surface area contributed by atoms with E-state index in [9.17, 15) is 5.11 Å². The number of nitrogen functional groups attached to an aromatic ring is 1. The molecule has 0 aromatic heterocycles. The summed E-state index contributed by atoms with van der Waals surface area (Å²) in [4.78, 5) is 0. The number of nitrogens with two attached hydrogens (primary N) is 1. The van der Waals surface area contributed by atoms with Crippen molar-refractivity contribution in [1.29, 1.82) is 0 Å². The summed E-state index contributed by atoms with van der Waals surface area (Å²) in [6.07, 6.45) is 3.65. The van der Waals surface area contributed by atoms with E-state index in [1.165, 1.54) is 24.8 Å². The van der Waals surface area contributed by atoms with Gasteiger partial charge in [-0.05, 0) is 55.4 Å². The number of hydrogen-bond acceptors (Lipinski definition) is 3. The largest absolute Gasteiger partial charge is 0.399 e. The Morgan fingerprint density at radius 3 is 2.82 bits per heavy atom. The smallest absolute Gasteiger partial charge is 0.0462 e. The Bertz CT molecular complexity index is 378. The van der Waals surface area contributed by atoms with Gasteiger partial charge in [0, 0.05) is 24.5 Å². The lowest BCUT2D eigenvalue weighted by atomic mass is 9.97. The van der Waals surface area contributed by atoms with Crippen LogP contribution in [0.4, 0.5) is 11.4 Å². The molecule has 0 amide bonds. The van der Waals surface area contributed by atoms with Gasteiger partial charge in [-0.1, -0.05) is 6.42 Å². The maximum Gasteiger partial charge on any atom is 0.0462 e. The highest BCUT2D eigenvalue weighted by molar-refractivity contribution is 5.57. The fourth-order valence-corrected chi connectivity index (χ4v) is 2.75. The molecule has 2 rings (SSSR count). The van der Waals surface area contributed by atoms with E-state index in [0.29, 0.717) is 18.4 Å². The molecule has 1 aliphatic rings. The second kappa shape index (κ2) is 5.41. The van der Waals surface area contributed by atoms with Gasteiger partial charge < -0.3 is 16.2 Å². The number of benzene rings is 1.